The van der Waals surface area contributed by atoms with E-state index in [0.29, 0.717) is 18.0 Å². The maximum absolute atomic E-state index is 12.7. The van der Waals surface area contributed by atoms with E-state index >= 15 is 0 Å². The Morgan fingerprint density at radius 3 is 2.50 bits per heavy atom. The Kier molecular flexibility index (Phi) is 5.52. The number of carbonyl (C=O) groups is 1. The first kappa shape index (κ1) is 18.3. The molecule has 0 spiro atoms. The van der Waals surface area contributed by atoms with Crippen LogP contribution in [0.3, 0.4) is 0 Å². The smallest absolute Gasteiger partial charge is 0.266 e. The molecule has 0 aliphatic carbocycles. The minimum Gasteiger partial charge on any atom is -0.378 e. The van der Waals surface area contributed by atoms with Crippen LogP contribution in [0, 0.1) is 0 Å². The first-order valence-corrected chi connectivity index (χ1v) is 9.57. The number of amides is 1. The summed E-state index contributed by atoms with van der Waals surface area (Å²) < 4.78 is 2.09. The van der Waals surface area contributed by atoms with Crippen molar-refractivity contribution in [3.63, 3.8) is 0 Å². The van der Waals surface area contributed by atoms with Crippen molar-refractivity contribution in [1.29, 1.82) is 0 Å². The molecule has 6 heteroatoms. The second-order valence-electron chi connectivity index (χ2n) is 6.13. The molecule has 0 saturated carbocycles. The Morgan fingerprint density at radius 2 is 1.88 bits per heavy atom. The molecule has 3 rings (SSSR count). The zero-order chi connectivity index (χ0) is 18.7. The highest BCUT2D eigenvalue weighted by atomic mass is 32.2. The van der Waals surface area contributed by atoms with Crippen LogP contribution in [0.15, 0.2) is 52.5 Å². The molecule has 1 aliphatic rings. The number of hydrogen-bond donors (Lipinski definition) is 0. The number of hydrogen-bond acceptors (Lipinski definition) is 4. The molecule has 0 radical (unpaired) electrons. The summed E-state index contributed by atoms with van der Waals surface area (Å²) in [6.07, 6.45) is 3.97. The predicted octanol–water partition coefficient (Wildman–Crippen LogP) is 3.86. The molecule has 5 nitrogen and oxygen atoms in total. The number of aromatic nitrogens is 1. The fraction of sp³-hybridized carbons (Fsp3) is 0.300. The highest BCUT2D eigenvalue weighted by Crippen LogP contribution is 2.32. The van der Waals surface area contributed by atoms with Crippen molar-refractivity contribution < 1.29 is 4.79 Å². The van der Waals surface area contributed by atoms with E-state index in [-0.39, 0.29) is 5.91 Å². The van der Waals surface area contributed by atoms with Gasteiger partial charge in [-0.25, -0.2) is 0 Å². The monoisotopic (exact) mass is 368 g/mol. The van der Waals surface area contributed by atoms with Crippen LogP contribution < -0.4 is 4.90 Å². The van der Waals surface area contributed by atoms with E-state index in [2.05, 4.69) is 38.7 Å². The van der Waals surface area contributed by atoms with Crippen molar-refractivity contribution in [3.05, 3.63) is 53.2 Å². The van der Waals surface area contributed by atoms with Gasteiger partial charge < -0.3 is 9.47 Å². The SMILES string of the molecule is CCN=C1S/C(=C\c2cccn2-c2ccc(N(C)C)cc2)C(=O)N1CC. The molecular weight excluding hydrogens is 344 g/mol. The number of aliphatic imine (C=N–C) groups is 1. The van der Waals surface area contributed by atoms with Crippen molar-refractivity contribution in [2.24, 2.45) is 4.99 Å². The highest BCUT2D eigenvalue weighted by molar-refractivity contribution is 8.18. The first-order chi connectivity index (χ1) is 12.5. The third-order valence-corrected chi connectivity index (χ3v) is 5.25. The highest BCUT2D eigenvalue weighted by Gasteiger charge is 2.32. The number of anilines is 1. The van der Waals surface area contributed by atoms with Gasteiger partial charge in [0, 0.05) is 50.5 Å². The second-order valence-corrected chi connectivity index (χ2v) is 7.14. The molecule has 136 valence electrons. The summed E-state index contributed by atoms with van der Waals surface area (Å²) in [6, 6.07) is 12.4. The van der Waals surface area contributed by atoms with Gasteiger partial charge in [0.25, 0.3) is 5.91 Å². The van der Waals surface area contributed by atoms with Crippen LogP contribution in [0.2, 0.25) is 0 Å². The van der Waals surface area contributed by atoms with Gasteiger partial charge in [-0.3, -0.25) is 14.7 Å². The largest absolute Gasteiger partial charge is 0.378 e. The fourth-order valence-electron chi connectivity index (χ4n) is 2.83. The number of benzene rings is 1. The lowest BCUT2D eigenvalue weighted by Gasteiger charge is -2.14. The molecular formula is C20H24N4OS. The quantitative estimate of drug-likeness (QED) is 0.753. The lowest BCUT2D eigenvalue weighted by molar-refractivity contribution is -0.122. The Morgan fingerprint density at radius 1 is 1.15 bits per heavy atom. The fourth-order valence-corrected chi connectivity index (χ4v) is 3.92. The number of amidine groups is 1. The Bertz CT molecular complexity index is 849. The molecule has 1 aromatic heterocycles. The molecule has 2 aromatic rings. The van der Waals surface area contributed by atoms with Crippen LogP contribution >= 0.6 is 11.8 Å². The lowest BCUT2D eigenvalue weighted by atomic mass is 10.2. The summed E-state index contributed by atoms with van der Waals surface area (Å²) in [5, 5.41) is 0.791. The average Bonchev–Trinajstić information content (AvgIpc) is 3.20. The second kappa shape index (κ2) is 7.83. The van der Waals surface area contributed by atoms with Crippen LogP contribution in [-0.4, -0.2) is 47.7 Å². The van der Waals surface area contributed by atoms with Crippen molar-refractivity contribution in [3.8, 4) is 5.69 Å². The normalized spacial score (nSPS) is 17.5. The first-order valence-electron chi connectivity index (χ1n) is 8.76. The van der Waals surface area contributed by atoms with E-state index in [0.717, 1.165) is 22.2 Å². The average molecular weight is 369 g/mol. The van der Waals surface area contributed by atoms with E-state index in [9.17, 15) is 4.79 Å². The molecule has 26 heavy (non-hydrogen) atoms. The zero-order valence-corrected chi connectivity index (χ0v) is 16.5. The standard InChI is InChI=1S/C20H24N4OS/c1-5-21-20-23(6-2)19(25)18(26-20)14-17-8-7-13-24(17)16-11-9-15(10-12-16)22(3)4/h7-14H,5-6H2,1-4H3/b18-14-,21-20?. The maximum Gasteiger partial charge on any atom is 0.266 e. The van der Waals surface area contributed by atoms with Crippen molar-refractivity contribution in [1.82, 2.24) is 9.47 Å². The van der Waals surface area contributed by atoms with Gasteiger partial charge >= 0.3 is 0 Å². The summed E-state index contributed by atoms with van der Waals surface area (Å²) in [7, 11) is 4.05. The van der Waals surface area contributed by atoms with Gasteiger partial charge in [0.2, 0.25) is 0 Å². The third kappa shape index (κ3) is 3.55. The molecule has 0 unspecified atom stereocenters. The maximum atomic E-state index is 12.7. The van der Waals surface area contributed by atoms with E-state index in [1.807, 2.05) is 52.3 Å². The van der Waals surface area contributed by atoms with Gasteiger partial charge in [-0.05, 0) is 68.1 Å². The molecule has 2 heterocycles. The number of carbonyl (C=O) groups excluding carboxylic acids is 1. The van der Waals surface area contributed by atoms with Crippen LogP contribution in [-0.2, 0) is 4.79 Å². The van der Waals surface area contributed by atoms with E-state index in [1.165, 1.54) is 11.8 Å². The number of likely N-dealkylation sites (N-methyl/N-ethyl adjacent to an activating group) is 1. The molecule has 1 saturated heterocycles. The zero-order valence-electron chi connectivity index (χ0n) is 15.6. The van der Waals surface area contributed by atoms with E-state index in [4.69, 9.17) is 0 Å². The van der Waals surface area contributed by atoms with Crippen LogP contribution in [0.25, 0.3) is 11.8 Å². The Labute approximate surface area is 159 Å². The summed E-state index contributed by atoms with van der Waals surface area (Å²) in [5.41, 5.74) is 3.20. The summed E-state index contributed by atoms with van der Waals surface area (Å²) in [6.45, 7) is 5.26. The van der Waals surface area contributed by atoms with Gasteiger partial charge in [0.15, 0.2) is 5.17 Å². The van der Waals surface area contributed by atoms with Crippen molar-refractivity contribution >= 4 is 34.6 Å². The molecule has 1 fully saturated rings. The van der Waals surface area contributed by atoms with Crippen molar-refractivity contribution in [2.75, 3.05) is 32.1 Å². The molecule has 1 aliphatic heterocycles. The molecule has 0 N–H and O–H groups in total. The predicted molar refractivity (Wildman–Crippen MR) is 111 cm³/mol. The van der Waals surface area contributed by atoms with Crippen molar-refractivity contribution in [2.45, 2.75) is 13.8 Å². The lowest BCUT2D eigenvalue weighted by Crippen LogP contribution is -2.28. The topological polar surface area (TPSA) is 40.8 Å². The van der Waals surface area contributed by atoms with Gasteiger partial charge in [-0.1, -0.05) is 0 Å². The minimum atomic E-state index is 0.0282. The van der Waals surface area contributed by atoms with Crippen LogP contribution in [0.5, 0.6) is 0 Å². The molecule has 1 aromatic carbocycles. The molecule has 0 bridgehead atoms. The number of thioether (sulfide) groups is 1. The Balaban J connectivity index is 1.93. The molecule has 1 amide bonds. The Hall–Kier alpha value is -2.47. The van der Waals surface area contributed by atoms with Crippen LogP contribution in [0.4, 0.5) is 5.69 Å². The van der Waals surface area contributed by atoms with Gasteiger partial charge in [0.05, 0.1) is 4.91 Å². The summed E-state index contributed by atoms with van der Waals surface area (Å²) >= 11 is 1.45. The number of rotatable bonds is 5. The van der Waals surface area contributed by atoms with E-state index in [1.54, 1.807) is 4.90 Å². The van der Waals surface area contributed by atoms with Gasteiger partial charge in [-0.15, -0.1) is 0 Å². The third-order valence-electron chi connectivity index (χ3n) is 4.20. The number of nitrogens with zero attached hydrogens (tertiary/aromatic N) is 4. The summed E-state index contributed by atoms with van der Waals surface area (Å²) in [5.74, 6) is 0.0282. The van der Waals surface area contributed by atoms with Crippen LogP contribution in [0.1, 0.15) is 19.5 Å². The van der Waals surface area contributed by atoms with Gasteiger partial charge in [-0.2, -0.15) is 0 Å². The van der Waals surface area contributed by atoms with E-state index < -0.39 is 0 Å². The van der Waals surface area contributed by atoms with Gasteiger partial charge in [0.1, 0.15) is 0 Å². The summed E-state index contributed by atoms with van der Waals surface area (Å²) in [4.78, 5) is 21.6. The molecule has 0 atom stereocenters. The minimum absolute atomic E-state index is 0.0282.